The van der Waals surface area contributed by atoms with E-state index >= 15 is 0 Å². The second-order valence-electron chi connectivity index (χ2n) is 7.24. The number of nitrogens with zero attached hydrogens (tertiary/aromatic N) is 1. The van der Waals surface area contributed by atoms with Gasteiger partial charge in [0.2, 0.25) is 0 Å². The fourth-order valence-electron chi connectivity index (χ4n) is 1.95. The Labute approximate surface area is 127 Å². The predicted octanol–water partition coefficient (Wildman–Crippen LogP) is 4.62. The van der Waals surface area contributed by atoms with Gasteiger partial charge in [-0.2, -0.15) is 4.90 Å². The summed E-state index contributed by atoms with van der Waals surface area (Å²) in [5.41, 5.74) is -0.649. The maximum Gasteiger partial charge on any atom is 0.424 e. The Morgan fingerprint density at radius 1 is 0.952 bits per heavy atom. The Kier molecular flexibility index (Phi) is 5.42. The van der Waals surface area contributed by atoms with Crippen molar-refractivity contribution < 1.29 is 19.1 Å². The quantitative estimate of drug-likeness (QED) is 0.708. The number of imide groups is 1. The molecule has 21 heavy (non-hydrogen) atoms. The summed E-state index contributed by atoms with van der Waals surface area (Å²) in [6.07, 6.45) is 4.12. The van der Waals surface area contributed by atoms with Gasteiger partial charge in [-0.25, -0.2) is 9.59 Å². The van der Waals surface area contributed by atoms with E-state index in [1.807, 2.05) is 6.08 Å². The Morgan fingerprint density at radius 2 is 1.43 bits per heavy atom. The van der Waals surface area contributed by atoms with E-state index in [0.717, 1.165) is 24.2 Å². The third-order valence-corrected chi connectivity index (χ3v) is 2.71. The van der Waals surface area contributed by atoms with Crippen LogP contribution in [0, 0.1) is 0 Å². The number of allylic oxidation sites excluding steroid dienone is 2. The largest absolute Gasteiger partial charge is 0.443 e. The van der Waals surface area contributed by atoms with Crippen molar-refractivity contribution in [3.05, 3.63) is 11.8 Å². The monoisotopic (exact) mass is 297 g/mol. The molecule has 0 aromatic rings. The van der Waals surface area contributed by atoms with Gasteiger partial charge in [-0.3, -0.25) is 0 Å². The molecule has 5 nitrogen and oxygen atoms in total. The standard InChI is InChI=1S/C16H27NO4/c1-15(2,3)20-13(18)17(12-10-8-7-9-11-12)14(19)21-16(4,5)6/h10H,7-9,11H2,1-6H3. The average molecular weight is 297 g/mol. The van der Waals surface area contributed by atoms with Gasteiger partial charge >= 0.3 is 12.2 Å². The zero-order chi connectivity index (χ0) is 16.3. The third kappa shape index (κ3) is 6.19. The first kappa shape index (κ1) is 17.5. The van der Waals surface area contributed by atoms with Crippen LogP contribution < -0.4 is 0 Å². The molecule has 0 aromatic heterocycles. The van der Waals surface area contributed by atoms with E-state index in [1.165, 1.54) is 0 Å². The summed E-state index contributed by atoms with van der Waals surface area (Å²) in [5.74, 6) is 0. The molecule has 0 heterocycles. The molecule has 1 aliphatic carbocycles. The molecule has 5 heteroatoms. The zero-order valence-corrected chi connectivity index (χ0v) is 14.0. The molecule has 0 unspecified atom stereocenters. The van der Waals surface area contributed by atoms with E-state index in [9.17, 15) is 9.59 Å². The van der Waals surface area contributed by atoms with E-state index in [2.05, 4.69) is 0 Å². The van der Waals surface area contributed by atoms with Gasteiger partial charge in [0.25, 0.3) is 0 Å². The number of ether oxygens (including phenoxy) is 2. The fourth-order valence-corrected chi connectivity index (χ4v) is 1.95. The number of rotatable bonds is 1. The van der Waals surface area contributed by atoms with Gasteiger partial charge in [-0.15, -0.1) is 0 Å². The minimum Gasteiger partial charge on any atom is -0.443 e. The fraction of sp³-hybridized carbons (Fsp3) is 0.750. The van der Waals surface area contributed by atoms with Crippen molar-refractivity contribution in [2.75, 3.05) is 0 Å². The highest BCUT2D eigenvalue weighted by Gasteiger charge is 2.33. The Morgan fingerprint density at radius 3 is 1.76 bits per heavy atom. The van der Waals surface area contributed by atoms with Crippen molar-refractivity contribution in [1.29, 1.82) is 0 Å². The normalized spacial score (nSPS) is 16.0. The summed E-state index contributed by atoms with van der Waals surface area (Å²) >= 11 is 0. The highest BCUT2D eigenvalue weighted by atomic mass is 16.6. The molecule has 120 valence electrons. The predicted molar refractivity (Wildman–Crippen MR) is 80.9 cm³/mol. The van der Waals surface area contributed by atoms with Gasteiger partial charge in [0, 0.05) is 5.70 Å². The highest BCUT2D eigenvalue weighted by Crippen LogP contribution is 2.25. The molecule has 0 saturated carbocycles. The maximum absolute atomic E-state index is 12.3. The van der Waals surface area contributed by atoms with E-state index in [1.54, 1.807) is 41.5 Å². The van der Waals surface area contributed by atoms with Crippen LogP contribution in [0.1, 0.15) is 67.2 Å². The molecule has 0 radical (unpaired) electrons. The number of hydrogen-bond donors (Lipinski definition) is 0. The molecule has 0 atom stereocenters. The lowest BCUT2D eigenvalue weighted by Crippen LogP contribution is -2.43. The molecule has 2 amide bonds. The topological polar surface area (TPSA) is 55.8 Å². The summed E-state index contributed by atoms with van der Waals surface area (Å²) in [5, 5.41) is 0. The number of hydrogen-bond acceptors (Lipinski definition) is 4. The third-order valence-electron chi connectivity index (χ3n) is 2.71. The first-order valence-corrected chi connectivity index (χ1v) is 7.45. The van der Waals surface area contributed by atoms with Gasteiger partial charge in [-0.05, 0) is 67.2 Å². The molecule has 0 spiro atoms. The van der Waals surface area contributed by atoms with Crippen LogP contribution in [0.5, 0.6) is 0 Å². The van der Waals surface area contributed by atoms with Gasteiger partial charge in [0.1, 0.15) is 11.2 Å². The van der Waals surface area contributed by atoms with E-state index in [0.29, 0.717) is 12.1 Å². The van der Waals surface area contributed by atoms with E-state index in [-0.39, 0.29) is 0 Å². The summed E-state index contributed by atoms with van der Waals surface area (Å²) in [7, 11) is 0. The van der Waals surface area contributed by atoms with Crippen molar-refractivity contribution in [3.8, 4) is 0 Å². The molecule has 0 aliphatic heterocycles. The molecule has 0 fully saturated rings. The summed E-state index contributed by atoms with van der Waals surface area (Å²) < 4.78 is 10.7. The lowest BCUT2D eigenvalue weighted by Gasteiger charge is -2.30. The van der Waals surface area contributed by atoms with E-state index in [4.69, 9.17) is 9.47 Å². The van der Waals surface area contributed by atoms with Crippen molar-refractivity contribution in [2.24, 2.45) is 0 Å². The molecular formula is C16H27NO4. The summed E-state index contributed by atoms with van der Waals surface area (Å²) in [4.78, 5) is 25.7. The number of carbonyl (C=O) groups excluding carboxylic acids is 2. The van der Waals surface area contributed by atoms with E-state index < -0.39 is 23.4 Å². The second kappa shape index (κ2) is 6.50. The van der Waals surface area contributed by atoms with Crippen LogP contribution in [0.25, 0.3) is 0 Å². The Bertz CT molecular complexity index is 399. The van der Waals surface area contributed by atoms with Crippen LogP contribution in [0.3, 0.4) is 0 Å². The zero-order valence-electron chi connectivity index (χ0n) is 14.0. The molecule has 0 N–H and O–H groups in total. The second-order valence-corrected chi connectivity index (χ2v) is 7.24. The lowest BCUT2D eigenvalue weighted by molar-refractivity contribution is 0.00736. The van der Waals surface area contributed by atoms with Crippen molar-refractivity contribution in [3.63, 3.8) is 0 Å². The van der Waals surface area contributed by atoms with Crippen LogP contribution in [0.4, 0.5) is 9.59 Å². The van der Waals surface area contributed by atoms with Gasteiger partial charge in [0.05, 0.1) is 0 Å². The molecule has 1 aliphatic rings. The van der Waals surface area contributed by atoms with Crippen LogP contribution in [0.15, 0.2) is 11.8 Å². The average Bonchev–Trinajstić information content (AvgIpc) is 2.25. The van der Waals surface area contributed by atoms with Crippen LogP contribution >= 0.6 is 0 Å². The number of amides is 2. The Balaban J connectivity index is 2.97. The SMILES string of the molecule is CC(C)(C)OC(=O)N(C(=O)OC(C)(C)C)C1=CCCCC1. The highest BCUT2D eigenvalue weighted by molar-refractivity contribution is 5.90. The smallest absolute Gasteiger partial charge is 0.424 e. The van der Waals surface area contributed by atoms with Gasteiger partial charge in [-0.1, -0.05) is 6.08 Å². The van der Waals surface area contributed by atoms with Crippen LogP contribution in [0.2, 0.25) is 0 Å². The summed E-state index contributed by atoms with van der Waals surface area (Å²) in [6.45, 7) is 10.6. The van der Waals surface area contributed by atoms with Crippen LogP contribution in [-0.4, -0.2) is 28.3 Å². The minimum absolute atomic E-state index is 0.660. The van der Waals surface area contributed by atoms with Crippen molar-refractivity contribution in [2.45, 2.75) is 78.4 Å². The van der Waals surface area contributed by atoms with Crippen molar-refractivity contribution in [1.82, 2.24) is 4.90 Å². The molecular weight excluding hydrogens is 270 g/mol. The lowest BCUT2D eigenvalue weighted by atomic mass is 10.0. The van der Waals surface area contributed by atoms with Crippen molar-refractivity contribution >= 4 is 12.2 Å². The molecule has 0 bridgehead atoms. The maximum atomic E-state index is 12.3. The minimum atomic E-state index is -0.676. The van der Waals surface area contributed by atoms with Gasteiger partial charge in [0.15, 0.2) is 0 Å². The number of carbonyl (C=O) groups is 2. The van der Waals surface area contributed by atoms with Crippen LogP contribution in [-0.2, 0) is 9.47 Å². The molecule has 1 rings (SSSR count). The Hall–Kier alpha value is -1.52. The molecule has 0 saturated heterocycles. The first-order valence-electron chi connectivity index (χ1n) is 7.45. The molecule has 0 aromatic carbocycles. The first-order chi connectivity index (χ1) is 9.49. The summed E-state index contributed by atoms with van der Waals surface area (Å²) in [6, 6.07) is 0. The van der Waals surface area contributed by atoms with Gasteiger partial charge < -0.3 is 9.47 Å².